The number of nitriles is 1. The van der Waals surface area contributed by atoms with E-state index in [0.717, 1.165) is 25.5 Å². The van der Waals surface area contributed by atoms with Crippen LogP contribution in [-0.4, -0.2) is 56.4 Å². The Hall–Kier alpha value is -4.12. The molecule has 14 heteroatoms. The Morgan fingerprint density at radius 2 is 2.17 bits per heavy atom. The molecule has 210 valence electrons. The van der Waals surface area contributed by atoms with Crippen LogP contribution < -0.4 is 10.1 Å². The number of thiophene rings is 1. The number of halogens is 4. The Morgan fingerprint density at radius 1 is 1.37 bits per heavy atom. The largest absolute Gasteiger partial charge is 0.493 e. The van der Waals surface area contributed by atoms with Gasteiger partial charge in [-0.25, -0.2) is 18.0 Å². The van der Waals surface area contributed by atoms with Crippen LogP contribution in [0.3, 0.4) is 0 Å². The SMILES string of the molecule is N#Cc1c(NC(=O)O)sc2c(F)ccc(-c3c(Cl)cc4c(O)nc(OCC56CCCN5C/C(=C\F)C6)nc4c3F)c12. The van der Waals surface area contributed by atoms with E-state index >= 15 is 4.39 Å². The fourth-order valence-electron chi connectivity index (χ4n) is 5.79. The van der Waals surface area contributed by atoms with Crippen molar-refractivity contribution in [2.75, 3.05) is 25.0 Å². The number of hydrogen-bond donors (Lipinski definition) is 3. The highest BCUT2D eigenvalue weighted by Gasteiger charge is 2.47. The maximum atomic E-state index is 16.2. The van der Waals surface area contributed by atoms with Gasteiger partial charge in [0.05, 0.1) is 32.5 Å². The van der Waals surface area contributed by atoms with Gasteiger partial charge in [0, 0.05) is 17.5 Å². The third-order valence-electron chi connectivity index (χ3n) is 7.55. The lowest BCUT2D eigenvalue weighted by Crippen LogP contribution is -2.43. The number of aromatic nitrogens is 2. The quantitative estimate of drug-likeness (QED) is 0.234. The summed E-state index contributed by atoms with van der Waals surface area (Å²) in [5.74, 6) is -2.32. The van der Waals surface area contributed by atoms with Crippen molar-refractivity contribution in [2.24, 2.45) is 0 Å². The average Bonchev–Trinajstić information content (AvgIpc) is 3.59. The van der Waals surface area contributed by atoms with Crippen LogP contribution in [-0.2, 0) is 0 Å². The van der Waals surface area contributed by atoms with E-state index in [-0.39, 0.29) is 60.3 Å². The Kier molecular flexibility index (Phi) is 6.64. The number of aromatic hydroxyl groups is 1. The predicted octanol–water partition coefficient (Wildman–Crippen LogP) is 6.58. The van der Waals surface area contributed by atoms with Gasteiger partial charge in [0.15, 0.2) is 5.82 Å². The van der Waals surface area contributed by atoms with Crippen molar-refractivity contribution in [1.82, 2.24) is 14.9 Å². The minimum Gasteiger partial charge on any atom is -0.493 e. The number of rotatable bonds is 5. The minimum absolute atomic E-state index is 0.0228. The van der Waals surface area contributed by atoms with Crippen LogP contribution in [0.5, 0.6) is 11.9 Å². The Balaban J connectivity index is 1.46. The number of fused-ring (bicyclic) bond motifs is 3. The van der Waals surface area contributed by atoms with Gasteiger partial charge >= 0.3 is 12.1 Å². The maximum absolute atomic E-state index is 16.2. The second kappa shape index (κ2) is 10.1. The fourth-order valence-corrected chi connectivity index (χ4v) is 7.16. The summed E-state index contributed by atoms with van der Waals surface area (Å²) in [6, 6.07) is 5.09. The molecule has 3 N–H and O–H groups in total. The molecule has 2 aromatic heterocycles. The summed E-state index contributed by atoms with van der Waals surface area (Å²) in [7, 11) is 0. The van der Waals surface area contributed by atoms with Crippen molar-refractivity contribution in [3.8, 4) is 29.1 Å². The number of amides is 1. The molecule has 2 fully saturated rings. The summed E-state index contributed by atoms with van der Waals surface area (Å²) in [6.07, 6.45) is 1.29. The number of carbonyl (C=O) groups is 1. The van der Waals surface area contributed by atoms with Gasteiger partial charge in [0.2, 0.25) is 5.88 Å². The third kappa shape index (κ3) is 4.39. The van der Waals surface area contributed by atoms with Gasteiger partial charge in [-0.1, -0.05) is 17.7 Å². The Bertz CT molecular complexity index is 1840. The number of ether oxygens (including phenoxy) is 1. The number of benzene rings is 2. The highest BCUT2D eigenvalue weighted by atomic mass is 35.5. The first-order chi connectivity index (χ1) is 19.7. The van der Waals surface area contributed by atoms with Crippen molar-refractivity contribution in [2.45, 2.75) is 24.8 Å². The van der Waals surface area contributed by atoms with Crippen LogP contribution in [0.4, 0.5) is 23.0 Å². The molecule has 2 aliphatic heterocycles. The first kappa shape index (κ1) is 27.1. The predicted molar refractivity (Wildman–Crippen MR) is 146 cm³/mol. The second-order valence-electron chi connectivity index (χ2n) is 9.90. The highest BCUT2D eigenvalue weighted by molar-refractivity contribution is 7.23. The van der Waals surface area contributed by atoms with Gasteiger partial charge in [-0.15, -0.1) is 11.3 Å². The van der Waals surface area contributed by atoms with Gasteiger partial charge in [-0.2, -0.15) is 15.2 Å². The topological polar surface area (TPSA) is 132 Å². The molecular weight excluding hydrogens is 583 g/mol. The van der Waals surface area contributed by atoms with Crippen molar-refractivity contribution < 1.29 is 32.9 Å². The number of nitrogens with one attached hydrogen (secondary N) is 1. The molecule has 1 atom stereocenters. The van der Waals surface area contributed by atoms with E-state index in [0.29, 0.717) is 36.2 Å². The average molecular weight is 602 g/mol. The first-order valence-electron chi connectivity index (χ1n) is 12.4. The Labute approximate surface area is 239 Å². The molecule has 4 aromatic rings. The molecule has 1 amide bonds. The van der Waals surface area contributed by atoms with Gasteiger partial charge in [0.25, 0.3) is 0 Å². The third-order valence-corrected chi connectivity index (χ3v) is 8.96. The number of carboxylic acid groups (broad SMARTS) is 1. The molecule has 0 radical (unpaired) electrons. The van der Waals surface area contributed by atoms with Gasteiger partial charge in [-0.3, -0.25) is 10.2 Å². The zero-order valence-corrected chi connectivity index (χ0v) is 22.5. The number of nitrogens with zero attached hydrogens (tertiary/aromatic N) is 4. The van der Waals surface area contributed by atoms with E-state index in [9.17, 15) is 23.9 Å². The zero-order valence-electron chi connectivity index (χ0n) is 21.0. The number of anilines is 1. The molecular formula is C27H19ClF3N5O4S. The zero-order chi connectivity index (χ0) is 29.1. The molecule has 0 saturated carbocycles. The van der Waals surface area contributed by atoms with E-state index in [1.807, 2.05) is 6.07 Å². The number of hydrogen-bond acceptors (Lipinski definition) is 8. The molecule has 41 heavy (non-hydrogen) atoms. The van der Waals surface area contributed by atoms with Gasteiger partial charge in [0.1, 0.15) is 29.0 Å². The van der Waals surface area contributed by atoms with Gasteiger partial charge < -0.3 is 14.9 Å². The molecule has 0 spiro atoms. The minimum atomic E-state index is -1.46. The molecule has 9 nitrogen and oxygen atoms in total. The van der Waals surface area contributed by atoms with Crippen molar-refractivity contribution in [3.05, 3.63) is 52.3 Å². The molecule has 2 saturated heterocycles. The molecule has 4 heterocycles. The summed E-state index contributed by atoms with van der Waals surface area (Å²) in [5.41, 5.74) is -0.556. The lowest BCUT2D eigenvalue weighted by atomic mass is 9.94. The monoisotopic (exact) mass is 601 g/mol. The summed E-state index contributed by atoms with van der Waals surface area (Å²) >= 11 is 7.14. The summed E-state index contributed by atoms with van der Waals surface area (Å²) < 4.78 is 50.0. The highest BCUT2D eigenvalue weighted by Crippen LogP contribution is 2.46. The first-order valence-corrected chi connectivity index (χ1v) is 13.6. The molecule has 1 unspecified atom stereocenters. The smallest absolute Gasteiger partial charge is 0.409 e. The van der Waals surface area contributed by atoms with E-state index in [4.69, 9.17) is 21.4 Å². The lowest BCUT2D eigenvalue weighted by Gasteiger charge is -2.30. The summed E-state index contributed by atoms with van der Waals surface area (Å²) in [4.78, 5) is 21.5. The molecule has 0 bridgehead atoms. The second-order valence-corrected chi connectivity index (χ2v) is 11.3. The molecule has 2 aromatic carbocycles. The van der Waals surface area contributed by atoms with E-state index in [2.05, 4.69) is 20.2 Å². The summed E-state index contributed by atoms with van der Waals surface area (Å²) in [5, 5.41) is 31.2. The van der Waals surface area contributed by atoms with E-state index in [1.165, 1.54) is 12.1 Å². The van der Waals surface area contributed by atoms with Crippen LogP contribution >= 0.6 is 22.9 Å². The summed E-state index contributed by atoms with van der Waals surface area (Å²) in [6.45, 7) is 1.36. The van der Waals surface area contributed by atoms with Crippen molar-refractivity contribution in [3.63, 3.8) is 0 Å². The Morgan fingerprint density at radius 3 is 2.90 bits per heavy atom. The fraction of sp³-hybridized carbons (Fsp3) is 0.259. The van der Waals surface area contributed by atoms with Crippen molar-refractivity contribution in [1.29, 1.82) is 5.26 Å². The van der Waals surface area contributed by atoms with Crippen LogP contribution in [0.1, 0.15) is 24.8 Å². The van der Waals surface area contributed by atoms with Crippen LogP contribution in [0, 0.1) is 23.0 Å². The van der Waals surface area contributed by atoms with Crippen LogP contribution in [0.2, 0.25) is 5.02 Å². The molecule has 2 aliphatic rings. The van der Waals surface area contributed by atoms with Crippen LogP contribution in [0.15, 0.2) is 30.1 Å². The standard InChI is InChI=1S/C27H19ClF3N5O4S/c28-16-6-14-21(33-25(34-23(14)37)40-11-27-4-1-5-36(27)10-12(7-27)8-29)20(31)19(16)13-2-3-17(30)22-18(13)15(9-32)24(41-22)35-26(38)39/h2-3,6,8,35H,1,4-5,7,10-11H2,(H,38,39)(H,33,34,37)/b12-8-. The molecule has 6 rings (SSSR count). The van der Waals surface area contributed by atoms with Gasteiger partial charge in [-0.05, 0) is 49.1 Å². The van der Waals surface area contributed by atoms with Crippen molar-refractivity contribution >= 4 is 55.0 Å². The lowest BCUT2D eigenvalue weighted by molar-refractivity contribution is 0.107. The maximum Gasteiger partial charge on any atom is 0.409 e. The van der Waals surface area contributed by atoms with E-state index < -0.39 is 29.1 Å². The normalized spacial score (nSPS) is 19.6. The molecule has 0 aliphatic carbocycles. The van der Waals surface area contributed by atoms with Crippen LogP contribution in [0.25, 0.3) is 32.1 Å². The van der Waals surface area contributed by atoms with E-state index in [1.54, 1.807) is 0 Å².